The van der Waals surface area contributed by atoms with Gasteiger partial charge < -0.3 is 20.5 Å². The third kappa shape index (κ3) is 5.16. The van der Waals surface area contributed by atoms with Crippen LogP contribution in [0, 0.1) is 0 Å². The second-order valence-electron chi connectivity index (χ2n) is 4.95. The fourth-order valence-corrected chi connectivity index (χ4v) is 1.87. The molecule has 0 spiro atoms. The average molecular weight is 286 g/mol. The minimum Gasteiger partial charge on any atom is -0.479 e. The van der Waals surface area contributed by atoms with Gasteiger partial charge in [0.2, 0.25) is 11.8 Å². The highest BCUT2D eigenvalue weighted by molar-refractivity contribution is 5.83. The van der Waals surface area contributed by atoms with Crippen LogP contribution in [-0.2, 0) is 19.1 Å². The Morgan fingerprint density at radius 2 is 1.95 bits per heavy atom. The number of aliphatic carboxylic acids is 1. The first kappa shape index (κ1) is 16.4. The first-order valence-corrected chi connectivity index (χ1v) is 6.89. The molecule has 0 saturated carbocycles. The van der Waals surface area contributed by atoms with Gasteiger partial charge in [-0.25, -0.2) is 4.79 Å². The number of carboxylic acid groups (broad SMARTS) is 1. The van der Waals surface area contributed by atoms with E-state index in [1.807, 2.05) is 13.8 Å². The zero-order chi connectivity index (χ0) is 15.1. The van der Waals surface area contributed by atoms with Crippen LogP contribution in [0.25, 0.3) is 0 Å². The molecule has 1 aliphatic heterocycles. The molecule has 114 valence electrons. The fourth-order valence-electron chi connectivity index (χ4n) is 1.87. The molecule has 20 heavy (non-hydrogen) atoms. The Hall–Kier alpha value is -1.63. The van der Waals surface area contributed by atoms with E-state index < -0.39 is 18.2 Å². The van der Waals surface area contributed by atoms with Crippen LogP contribution in [-0.4, -0.2) is 47.7 Å². The van der Waals surface area contributed by atoms with Crippen LogP contribution in [0.4, 0.5) is 0 Å². The summed E-state index contributed by atoms with van der Waals surface area (Å²) in [5.41, 5.74) is 0. The van der Waals surface area contributed by atoms with Crippen molar-refractivity contribution in [3.8, 4) is 0 Å². The minimum absolute atomic E-state index is 0.115. The molecule has 7 nitrogen and oxygen atoms in total. The maximum absolute atomic E-state index is 11.7. The quantitative estimate of drug-likeness (QED) is 0.613. The van der Waals surface area contributed by atoms with Crippen molar-refractivity contribution in [1.82, 2.24) is 10.6 Å². The lowest BCUT2D eigenvalue weighted by Gasteiger charge is -2.13. The summed E-state index contributed by atoms with van der Waals surface area (Å²) in [6.07, 6.45) is 0.146. The third-order valence-electron chi connectivity index (χ3n) is 3.26. The molecule has 2 amide bonds. The summed E-state index contributed by atoms with van der Waals surface area (Å²) in [4.78, 5) is 33.9. The van der Waals surface area contributed by atoms with Crippen LogP contribution in [0.5, 0.6) is 0 Å². The molecule has 0 bridgehead atoms. The van der Waals surface area contributed by atoms with Gasteiger partial charge in [0.25, 0.3) is 0 Å². The van der Waals surface area contributed by atoms with Crippen LogP contribution < -0.4 is 10.6 Å². The highest BCUT2D eigenvalue weighted by atomic mass is 16.5. The maximum atomic E-state index is 11.7. The number of carbonyl (C=O) groups excluding carboxylic acids is 2. The van der Waals surface area contributed by atoms with Gasteiger partial charge in [-0.3, -0.25) is 9.59 Å². The number of carbonyl (C=O) groups is 3. The van der Waals surface area contributed by atoms with Gasteiger partial charge in [-0.2, -0.15) is 0 Å². The molecule has 3 N–H and O–H groups in total. The molecule has 0 aromatic heterocycles. The molecule has 1 rings (SSSR count). The number of hydrogen-bond donors (Lipinski definition) is 3. The highest BCUT2D eigenvalue weighted by Crippen LogP contribution is 2.19. The fraction of sp³-hybridized carbons (Fsp3) is 0.769. The molecule has 0 aromatic carbocycles. The van der Waals surface area contributed by atoms with E-state index in [0.29, 0.717) is 12.8 Å². The molecular formula is C13H22N2O5. The predicted molar refractivity (Wildman–Crippen MR) is 71.1 cm³/mol. The van der Waals surface area contributed by atoms with E-state index in [-0.39, 0.29) is 30.8 Å². The van der Waals surface area contributed by atoms with E-state index in [1.54, 1.807) is 0 Å². The Morgan fingerprint density at radius 3 is 2.50 bits per heavy atom. The second kappa shape index (κ2) is 7.84. The summed E-state index contributed by atoms with van der Waals surface area (Å²) < 4.78 is 5.11. The van der Waals surface area contributed by atoms with Gasteiger partial charge in [-0.15, -0.1) is 0 Å². The molecular weight excluding hydrogens is 264 g/mol. The van der Waals surface area contributed by atoms with Gasteiger partial charge in [0.05, 0.1) is 0 Å². The van der Waals surface area contributed by atoms with Crippen molar-refractivity contribution < 1.29 is 24.2 Å². The second-order valence-corrected chi connectivity index (χ2v) is 4.95. The largest absolute Gasteiger partial charge is 0.479 e. The zero-order valence-corrected chi connectivity index (χ0v) is 11.8. The number of ether oxygens (including phenoxy) is 1. The first-order chi connectivity index (χ1) is 9.43. The SMILES string of the molecule is CCC(C)NC(=O)CCNC(=O)[C@@H]1CC[C@H](C(=O)O)O1. The monoisotopic (exact) mass is 286 g/mol. The Labute approximate surface area is 118 Å². The van der Waals surface area contributed by atoms with Crippen molar-refractivity contribution in [2.24, 2.45) is 0 Å². The molecule has 0 radical (unpaired) electrons. The van der Waals surface area contributed by atoms with E-state index in [4.69, 9.17) is 9.84 Å². The van der Waals surface area contributed by atoms with Crippen molar-refractivity contribution in [2.45, 2.75) is 57.8 Å². The number of nitrogens with one attached hydrogen (secondary N) is 2. The minimum atomic E-state index is -1.05. The standard InChI is InChI=1S/C13H22N2O5/c1-3-8(2)15-11(16)6-7-14-12(17)9-4-5-10(20-9)13(18)19/h8-10H,3-7H2,1-2H3,(H,14,17)(H,15,16)(H,18,19)/t8?,9-,10+/m0/s1. The molecule has 0 aliphatic carbocycles. The van der Waals surface area contributed by atoms with E-state index >= 15 is 0 Å². The molecule has 1 unspecified atom stereocenters. The number of amides is 2. The van der Waals surface area contributed by atoms with E-state index in [0.717, 1.165) is 6.42 Å². The van der Waals surface area contributed by atoms with Crippen LogP contribution in [0.15, 0.2) is 0 Å². The molecule has 1 fully saturated rings. The van der Waals surface area contributed by atoms with E-state index in [1.165, 1.54) is 0 Å². The lowest BCUT2D eigenvalue weighted by molar-refractivity contribution is -0.151. The van der Waals surface area contributed by atoms with Crippen molar-refractivity contribution >= 4 is 17.8 Å². The Bertz CT molecular complexity index is 372. The Morgan fingerprint density at radius 1 is 1.30 bits per heavy atom. The van der Waals surface area contributed by atoms with Gasteiger partial charge >= 0.3 is 5.97 Å². The predicted octanol–water partition coefficient (Wildman–Crippen LogP) is 0.0396. The lowest BCUT2D eigenvalue weighted by atomic mass is 10.2. The van der Waals surface area contributed by atoms with Crippen LogP contribution in [0.3, 0.4) is 0 Å². The average Bonchev–Trinajstić information content (AvgIpc) is 2.88. The van der Waals surface area contributed by atoms with Crippen molar-refractivity contribution in [3.05, 3.63) is 0 Å². The number of rotatable bonds is 7. The normalized spacial score (nSPS) is 23.1. The number of carboxylic acids is 1. The number of hydrogen-bond acceptors (Lipinski definition) is 4. The zero-order valence-electron chi connectivity index (χ0n) is 11.8. The van der Waals surface area contributed by atoms with Crippen LogP contribution >= 0.6 is 0 Å². The van der Waals surface area contributed by atoms with Crippen molar-refractivity contribution in [1.29, 1.82) is 0 Å². The van der Waals surface area contributed by atoms with Crippen LogP contribution in [0.2, 0.25) is 0 Å². The molecule has 1 heterocycles. The summed E-state index contributed by atoms with van der Waals surface area (Å²) >= 11 is 0. The smallest absolute Gasteiger partial charge is 0.332 e. The van der Waals surface area contributed by atoms with Crippen molar-refractivity contribution in [2.75, 3.05) is 6.54 Å². The molecule has 0 aromatic rings. The Balaban J connectivity index is 2.21. The topological polar surface area (TPSA) is 105 Å². The summed E-state index contributed by atoms with van der Waals surface area (Å²) in [5.74, 6) is -1.52. The van der Waals surface area contributed by atoms with Crippen LogP contribution in [0.1, 0.15) is 39.5 Å². The highest BCUT2D eigenvalue weighted by Gasteiger charge is 2.34. The molecule has 7 heteroatoms. The summed E-state index contributed by atoms with van der Waals surface area (Å²) in [6.45, 7) is 4.11. The lowest BCUT2D eigenvalue weighted by Crippen LogP contribution is -2.39. The summed E-state index contributed by atoms with van der Waals surface area (Å²) in [6, 6.07) is 0.118. The van der Waals surface area contributed by atoms with E-state index in [2.05, 4.69) is 10.6 Å². The van der Waals surface area contributed by atoms with Crippen molar-refractivity contribution in [3.63, 3.8) is 0 Å². The van der Waals surface area contributed by atoms with Gasteiger partial charge in [-0.05, 0) is 26.2 Å². The van der Waals surface area contributed by atoms with Gasteiger partial charge in [0.15, 0.2) is 6.10 Å². The summed E-state index contributed by atoms with van der Waals surface area (Å²) in [5, 5.41) is 14.1. The van der Waals surface area contributed by atoms with Gasteiger partial charge in [0, 0.05) is 19.0 Å². The van der Waals surface area contributed by atoms with Gasteiger partial charge in [0.1, 0.15) is 6.10 Å². The third-order valence-corrected chi connectivity index (χ3v) is 3.26. The Kier molecular flexibility index (Phi) is 6.44. The molecule has 1 saturated heterocycles. The first-order valence-electron chi connectivity index (χ1n) is 6.89. The van der Waals surface area contributed by atoms with Gasteiger partial charge in [-0.1, -0.05) is 6.92 Å². The molecule has 1 aliphatic rings. The molecule has 3 atom stereocenters. The van der Waals surface area contributed by atoms with E-state index in [9.17, 15) is 14.4 Å². The maximum Gasteiger partial charge on any atom is 0.332 e. The summed E-state index contributed by atoms with van der Waals surface area (Å²) in [7, 11) is 0.